The number of para-hydroxylation sites is 3. The molecule has 0 radical (unpaired) electrons. The number of aryl methyl sites for hydroxylation is 2. The van der Waals surface area contributed by atoms with E-state index in [1.165, 1.54) is 0 Å². The van der Waals surface area contributed by atoms with Crippen molar-refractivity contribution in [2.45, 2.75) is 38.6 Å². The number of carbonyl (C=O) groups is 2. The van der Waals surface area contributed by atoms with Gasteiger partial charge >= 0.3 is 5.91 Å². The van der Waals surface area contributed by atoms with Gasteiger partial charge in [0, 0.05) is 24.8 Å². The predicted molar refractivity (Wildman–Crippen MR) is 109 cm³/mol. The number of benzene rings is 2. The molecule has 6 nitrogen and oxygen atoms in total. The number of quaternary nitrogens is 1. The molecule has 0 spiro atoms. The maximum atomic E-state index is 13.5. The van der Waals surface area contributed by atoms with Gasteiger partial charge in [0.2, 0.25) is 0 Å². The number of primary amides is 1. The lowest BCUT2D eigenvalue weighted by molar-refractivity contribution is -0.136. The molecule has 1 unspecified atom stereocenters. The Kier molecular flexibility index (Phi) is 4.73. The molecule has 2 amide bonds. The third-order valence-corrected chi connectivity index (χ3v) is 5.85. The zero-order valence-electron chi connectivity index (χ0n) is 16.0. The normalized spacial score (nSPS) is 21.8. The van der Waals surface area contributed by atoms with E-state index in [0.717, 1.165) is 34.5 Å². The Morgan fingerprint density at radius 2 is 1.93 bits per heavy atom. The van der Waals surface area contributed by atoms with Gasteiger partial charge in [-0.2, -0.15) is 0 Å². The van der Waals surface area contributed by atoms with Crippen molar-refractivity contribution in [3.05, 3.63) is 59.9 Å². The van der Waals surface area contributed by atoms with Gasteiger partial charge in [0.05, 0.1) is 24.0 Å². The summed E-state index contributed by atoms with van der Waals surface area (Å²) in [6.45, 7) is 2.59. The van der Waals surface area contributed by atoms with Gasteiger partial charge in [-0.3, -0.25) is 4.79 Å². The Bertz CT molecular complexity index is 1010. The molecule has 0 saturated carbocycles. The summed E-state index contributed by atoms with van der Waals surface area (Å²) < 4.78 is 0.0300. The highest BCUT2D eigenvalue weighted by atomic mass is 16.2. The smallest absolute Gasteiger partial charge is 0.319 e. The first kappa shape index (κ1) is 18.4. The third kappa shape index (κ3) is 2.99. The van der Waals surface area contributed by atoms with Crippen LogP contribution in [-0.4, -0.2) is 34.4 Å². The Balaban J connectivity index is 1.65. The fourth-order valence-electron chi connectivity index (χ4n) is 4.55. The van der Waals surface area contributed by atoms with Crippen LogP contribution in [0.1, 0.15) is 30.7 Å². The molecule has 3 N–H and O–H groups in total. The molecule has 28 heavy (non-hydrogen) atoms. The van der Waals surface area contributed by atoms with E-state index in [4.69, 9.17) is 5.73 Å². The minimum Gasteiger partial charge on any atom is -0.364 e. The third-order valence-electron chi connectivity index (χ3n) is 5.85. The summed E-state index contributed by atoms with van der Waals surface area (Å²) in [6, 6.07) is 15.1. The van der Waals surface area contributed by atoms with E-state index in [0.29, 0.717) is 25.8 Å². The Morgan fingerprint density at radius 1 is 1.18 bits per heavy atom. The predicted octanol–water partition coefficient (Wildman–Crippen LogP) is 2.99. The largest absolute Gasteiger partial charge is 0.364 e. The summed E-state index contributed by atoms with van der Waals surface area (Å²) in [5.74, 6) is 0.404. The van der Waals surface area contributed by atoms with Crippen LogP contribution in [0.25, 0.3) is 11.0 Å². The highest BCUT2D eigenvalue weighted by Crippen LogP contribution is 2.38. The molecular formula is C22H25N4O2+. The van der Waals surface area contributed by atoms with Crippen LogP contribution in [0.5, 0.6) is 0 Å². The fraction of sp³-hybridized carbons (Fsp3) is 0.318. The number of nitrogens with one attached hydrogen (secondary N) is 1. The minimum absolute atomic E-state index is 0.0241. The molecule has 2 heterocycles. The number of fused-ring (bicyclic) bond motifs is 1. The number of nitrogens with two attached hydrogens (primary N) is 1. The maximum Gasteiger partial charge on any atom is 0.319 e. The fourth-order valence-corrected chi connectivity index (χ4v) is 4.55. The number of imidazole rings is 1. The van der Waals surface area contributed by atoms with Gasteiger partial charge in [-0.15, -0.1) is 0 Å². The molecule has 144 valence electrons. The monoisotopic (exact) mass is 377 g/mol. The van der Waals surface area contributed by atoms with Gasteiger partial charge < -0.3 is 10.7 Å². The molecule has 3 aromatic rings. The van der Waals surface area contributed by atoms with Gasteiger partial charge in [-0.1, -0.05) is 30.3 Å². The van der Waals surface area contributed by atoms with Crippen molar-refractivity contribution < 1.29 is 9.59 Å². The van der Waals surface area contributed by atoms with Crippen LogP contribution in [0.4, 0.5) is 5.69 Å². The molecule has 0 bridgehead atoms. The molecule has 1 aliphatic heterocycles. The first-order valence-corrected chi connectivity index (χ1v) is 9.72. The number of nitrogens with zero attached hydrogens (tertiary/aromatic N) is 2. The summed E-state index contributed by atoms with van der Waals surface area (Å²) in [6.07, 6.45) is 2.25. The second kappa shape index (κ2) is 7.20. The Morgan fingerprint density at radius 3 is 2.68 bits per heavy atom. The lowest BCUT2D eigenvalue weighted by Crippen LogP contribution is -2.62. The number of aromatic nitrogens is 2. The SMILES string of the molecule is Cc1ccccc1[N+]1(C(=O)CCc2nc3ccccc3[nH]2)CCC[C@H]1C(N)=O. The van der Waals surface area contributed by atoms with Crippen molar-refractivity contribution in [3.8, 4) is 0 Å². The summed E-state index contributed by atoms with van der Waals surface area (Å²) in [7, 11) is 0. The van der Waals surface area contributed by atoms with E-state index in [1.807, 2.05) is 55.5 Å². The molecule has 0 aliphatic carbocycles. The average molecular weight is 377 g/mol. The Labute approximate surface area is 164 Å². The quantitative estimate of drug-likeness (QED) is 0.670. The van der Waals surface area contributed by atoms with E-state index >= 15 is 0 Å². The van der Waals surface area contributed by atoms with Crippen LogP contribution in [0, 0.1) is 6.92 Å². The van der Waals surface area contributed by atoms with Crippen molar-refractivity contribution in [2.75, 3.05) is 6.54 Å². The first-order chi connectivity index (χ1) is 13.5. The molecule has 2 atom stereocenters. The van der Waals surface area contributed by atoms with Crippen LogP contribution in [0.3, 0.4) is 0 Å². The molecule has 2 aromatic carbocycles. The zero-order chi connectivity index (χ0) is 19.7. The number of amides is 2. The standard InChI is InChI=1S/C22H24N4O2/c1-15-7-2-5-10-18(15)26(14-6-11-19(26)22(23)28)21(27)13-12-20-24-16-8-3-4-9-17(16)25-20/h2-5,7-10,19H,6,11-14H2,1H3,(H2-,23,24,25,28)/p+1/t19-,26?/m0/s1. The number of H-pyrrole nitrogens is 1. The number of likely N-dealkylation sites (tertiary alicyclic amines) is 1. The van der Waals surface area contributed by atoms with Crippen LogP contribution >= 0.6 is 0 Å². The topological polar surface area (TPSA) is 88.8 Å². The number of hydrogen-bond acceptors (Lipinski definition) is 3. The van der Waals surface area contributed by atoms with Gasteiger partial charge in [0.15, 0.2) is 6.04 Å². The van der Waals surface area contributed by atoms with Gasteiger partial charge in [0.25, 0.3) is 5.91 Å². The lowest BCUT2D eigenvalue weighted by Gasteiger charge is -2.36. The van der Waals surface area contributed by atoms with Gasteiger partial charge in [0.1, 0.15) is 11.5 Å². The minimum atomic E-state index is -0.510. The number of rotatable bonds is 5. The molecular weight excluding hydrogens is 352 g/mol. The van der Waals surface area contributed by atoms with Crippen molar-refractivity contribution >= 4 is 28.5 Å². The van der Waals surface area contributed by atoms with E-state index in [1.54, 1.807) is 0 Å². The van der Waals surface area contributed by atoms with Crippen molar-refractivity contribution in [1.82, 2.24) is 14.5 Å². The van der Waals surface area contributed by atoms with Crippen LogP contribution in [0.15, 0.2) is 48.5 Å². The number of hydrogen-bond donors (Lipinski definition) is 2. The van der Waals surface area contributed by atoms with E-state index in [-0.39, 0.29) is 10.4 Å². The van der Waals surface area contributed by atoms with Crippen LogP contribution in [0.2, 0.25) is 0 Å². The molecule has 1 aliphatic rings. The summed E-state index contributed by atoms with van der Waals surface area (Å²) >= 11 is 0. The zero-order valence-corrected chi connectivity index (χ0v) is 16.0. The summed E-state index contributed by atoms with van der Waals surface area (Å²) in [4.78, 5) is 33.6. The van der Waals surface area contributed by atoms with Gasteiger partial charge in [-0.25, -0.2) is 14.3 Å². The molecule has 1 saturated heterocycles. The molecule has 1 fully saturated rings. The average Bonchev–Trinajstić information content (AvgIpc) is 3.31. The molecule has 1 aromatic heterocycles. The lowest BCUT2D eigenvalue weighted by atomic mass is 10.1. The second-order valence-corrected chi connectivity index (χ2v) is 7.53. The second-order valence-electron chi connectivity index (χ2n) is 7.53. The summed E-state index contributed by atoms with van der Waals surface area (Å²) in [5.41, 5.74) is 9.48. The molecule has 4 rings (SSSR count). The highest BCUT2D eigenvalue weighted by Gasteiger charge is 2.52. The first-order valence-electron chi connectivity index (χ1n) is 9.72. The van der Waals surface area contributed by atoms with Crippen molar-refractivity contribution in [2.24, 2.45) is 5.73 Å². The van der Waals surface area contributed by atoms with E-state index in [2.05, 4.69) is 9.97 Å². The number of carbonyl (C=O) groups excluding carboxylic acids is 2. The Hall–Kier alpha value is -2.99. The number of aromatic amines is 1. The van der Waals surface area contributed by atoms with E-state index < -0.39 is 11.9 Å². The highest BCUT2D eigenvalue weighted by molar-refractivity contribution is 5.97. The van der Waals surface area contributed by atoms with E-state index in [9.17, 15) is 9.59 Å². The summed E-state index contributed by atoms with van der Waals surface area (Å²) in [5, 5.41) is 0. The van der Waals surface area contributed by atoms with Crippen LogP contribution < -0.4 is 10.2 Å². The van der Waals surface area contributed by atoms with Gasteiger partial charge in [-0.05, 0) is 25.1 Å². The molecule has 6 heteroatoms. The van der Waals surface area contributed by atoms with Crippen LogP contribution in [-0.2, 0) is 16.0 Å². The van der Waals surface area contributed by atoms with Crippen molar-refractivity contribution in [1.29, 1.82) is 0 Å². The maximum absolute atomic E-state index is 13.5. The van der Waals surface area contributed by atoms with Crippen molar-refractivity contribution in [3.63, 3.8) is 0 Å².